The molecule has 0 aliphatic heterocycles. The van der Waals surface area contributed by atoms with Gasteiger partial charge in [-0.3, -0.25) is 0 Å². The minimum atomic E-state index is 0.609. The molecular weight excluding hydrogens is 226 g/mol. The normalized spacial score (nSPS) is 10.2. The topological polar surface area (TPSA) is 44.5 Å². The highest BCUT2D eigenvalue weighted by Gasteiger charge is 2.09. The molecule has 0 amide bonds. The monoisotopic (exact) mass is 243 g/mol. The molecule has 0 aliphatic carbocycles. The maximum Gasteiger partial charge on any atom is 0.141 e. The predicted molar refractivity (Wildman–Crippen MR) is 66.5 cm³/mol. The fourth-order valence-corrected chi connectivity index (χ4v) is 1.77. The second-order valence-electron chi connectivity index (χ2n) is 3.42. The lowest BCUT2D eigenvalue weighted by Gasteiger charge is -2.13. The van der Waals surface area contributed by atoms with E-state index in [9.17, 15) is 0 Å². The molecule has 0 radical (unpaired) electrons. The Morgan fingerprint density at radius 2 is 2.06 bits per heavy atom. The summed E-state index contributed by atoms with van der Waals surface area (Å²) in [6.07, 6.45) is 1.79. The molecule has 1 rings (SSSR count). The third kappa shape index (κ3) is 3.29. The summed E-state index contributed by atoms with van der Waals surface area (Å²) in [6.45, 7) is 3.24. The van der Waals surface area contributed by atoms with E-state index in [2.05, 4.69) is 0 Å². The third-order valence-electron chi connectivity index (χ3n) is 2.29. The Morgan fingerprint density at radius 1 is 1.31 bits per heavy atom. The van der Waals surface area contributed by atoms with Gasteiger partial charge >= 0.3 is 0 Å². The molecule has 0 unspecified atom stereocenters. The molecule has 0 heterocycles. The maximum absolute atomic E-state index is 6.07. The Morgan fingerprint density at radius 3 is 2.62 bits per heavy atom. The molecule has 1 aromatic carbocycles. The van der Waals surface area contributed by atoms with Crippen LogP contribution in [0.15, 0.2) is 12.1 Å². The van der Waals surface area contributed by atoms with E-state index in [0.29, 0.717) is 23.9 Å². The quantitative estimate of drug-likeness (QED) is 0.836. The number of hydrogen-bond donors (Lipinski definition) is 1. The number of methoxy groups -OCH3 is 1. The summed E-state index contributed by atoms with van der Waals surface area (Å²) in [5, 5.41) is 0.609. The van der Waals surface area contributed by atoms with Crippen LogP contribution in [0.4, 0.5) is 0 Å². The summed E-state index contributed by atoms with van der Waals surface area (Å²) in [4.78, 5) is 0. The van der Waals surface area contributed by atoms with Crippen molar-refractivity contribution in [3.8, 4) is 11.5 Å². The van der Waals surface area contributed by atoms with Crippen LogP contribution in [0.2, 0.25) is 5.02 Å². The van der Waals surface area contributed by atoms with Crippen molar-refractivity contribution in [3.63, 3.8) is 0 Å². The second-order valence-corrected chi connectivity index (χ2v) is 3.83. The van der Waals surface area contributed by atoms with Crippen molar-refractivity contribution < 1.29 is 9.47 Å². The first kappa shape index (κ1) is 13.1. The minimum Gasteiger partial charge on any atom is -0.495 e. The smallest absolute Gasteiger partial charge is 0.141 e. The van der Waals surface area contributed by atoms with E-state index in [1.54, 1.807) is 7.11 Å². The molecule has 0 spiro atoms. The molecule has 0 aromatic heterocycles. The van der Waals surface area contributed by atoms with E-state index >= 15 is 0 Å². The van der Waals surface area contributed by atoms with Crippen molar-refractivity contribution >= 4 is 11.6 Å². The molecule has 1 aromatic rings. The number of rotatable bonds is 6. The fourth-order valence-electron chi connectivity index (χ4n) is 1.51. The van der Waals surface area contributed by atoms with E-state index in [0.717, 1.165) is 24.2 Å². The van der Waals surface area contributed by atoms with Gasteiger partial charge in [0.1, 0.15) is 11.5 Å². The first-order chi connectivity index (χ1) is 7.72. The van der Waals surface area contributed by atoms with Gasteiger partial charge in [-0.15, -0.1) is 0 Å². The van der Waals surface area contributed by atoms with Gasteiger partial charge in [0.15, 0.2) is 0 Å². The lowest BCUT2D eigenvalue weighted by Crippen LogP contribution is -2.03. The summed E-state index contributed by atoms with van der Waals surface area (Å²) >= 11 is 6.07. The molecule has 0 fully saturated rings. The molecule has 4 heteroatoms. The molecule has 90 valence electrons. The Labute approximate surface area is 101 Å². The van der Waals surface area contributed by atoms with Crippen LogP contribution in [0.25, 0.3) is 0 Å². The van der Waals surface area contributed by atoms with Gasteiger partial charge < -0.3 is 15.2 Å². The number of halogens is 1. The van der Waals surface area contributed by atoms with Crippen molar-refractivity contribution in [1.29, 1.82) is 0 Å². The fraction of sp³-hybridized carbons (Fsp3) is 0.500. The standard InChI is InChI=1S/C12H18ClNO2/c1-3-16-11-8-12(15-2)10(13)7-9(11)5-4-6-14/h7-8H,3-6,14H2,1-2H3. The second kappa shape index (κ2) is 6.61. The Hall–Kier alpha value is -0.930. The molecule has 0 bridgehead atoms. The number of ether oxygens (including phenoxy) is 2. The average molecular weight is 244 g/mol. The van der Waals surface area contributed by atoms with Crippen LogP contribution in [0, 0.1) is 0 Å². The Balaban J connectivity index is 2.98. The van der Waals surface area contributed by atoms with Gasteiger partial charge in [0.05, 0.1) is 18.7 Å². The summed E-state index contributed by atoms with van der Waals surface area (Å²) in [5.41, 5.74) is 6.58. The zero-order valence-corrected chi connectivity index (χ0v) is 10.5. The number of benzene rings is 1. The summed E-state index contributed by atoms with van der Waals surface area (Å²) < 4.78 is 10.7. The number of nitrogens with two attached hydrogens (primary N) is 1. The average Bonchev–Trinajstić information content (AvgIpc) is 2.29. The zero-order chi connectivity index (χ0) is 12.0. The van der Waals surface area contributed by atoms with Crippen molar-refractivity contribution in [3.05, 3.63) is 22.7 Å². The highest BCUT2D eigenvalue weighted by atomic mass is 35.5. The predicted octanol–water partition coefficient (Wildman–Crippen LogP) is 2.64. The summed E-state index contributed by atoms with van der Waals surface area (Å²) in [5.74, 6) is 1.47. The van der Waals surface area contributed by atoms with Crippen LogP contribution in [0.3, 0.4) is 0 Å². The van der Waals surface area contributed by atoms with E-state index in [-0.39, 0.29) is 0 Å². The number of hydrogen-bond acceptors (Lipinski definition) is 3. The molecule has 3 nitrogen and oxygen atoms in total. The molecule has 0 aliphatic rings. The van der Waals surface area contributed by atoms with Gasteiger partial charge in [-0.05, 0) is 37.9 Å². The first-order valence-electron chi connectivity index (χ1n) is 5.42. The molecule has 16 heavy (non-hydrogen) atoms. The van der Waals surface area contributed by atoms with Gasteiger partial charge in [-0.1, -0.05) is 11.6 Å². The molecule has 0 atom stereocenters. The summed E-state index contributed by atoms with van der Waals surface area (Å²) in [6, 6.07) is 3.72. The van der Waals surface area contributed by atoms with Gasteiger partial charge in [-0.2, -0.15) is 0 Å². The van der Waals surface area contributed by atoms with E-state index in [1.807, 2.05) is 19.1 Å². The van der Waals surface area contributed by atoms with Crippen molar-refractivity contribution in [2.75, 3.05) is 20.3 Å². The maximum atomic E-state index is 6.07. The largest absolute Gasteiger partial charge is 0.495 e. The first-order valence-corrected chi connectivity index (χ1v) is 5.80. The molecule has 2 N–H and O–H groups in total. The van der Waals surface area contributed by atoms with Crippen LogP contribution in [0.1, 0.15) is 18.9 Å². The van der Waals surface area contributed by atoms with Gasteiger partial charge in [-0.25, -0.2) is 0 Å². The lowest BCUT2D eigenvalue weighted by atomic mass is 10.1. The van der Waals surface area contributed by atoms with E-state index in [4.69, 9.17) is 26.8 Å². The van der Waals surface area contributed by atoms with Gasteiger partial charge in [0.25, 0.3) is 0 Å². The highest BCUT2D eigenvalue weighted by molar-refractivity contribution is 6.32. The van der Waals surface area contributed by atoms with Crippen molar-refractivity contribution in [2.24, 2.45) is 5.73 Å². The van der Waals surface area contributed by atoms with Crippen LogP contribution in [0.5, 0.6) is 11.5 Å². The Kier molecular flexibility index (Phi) is 5.43. The SMILES string of the molecule is CCOc1cc(OC)c(Cl)cc1CCCN. The van der Waals surface area contributed by atoms with Gasteiger partial charge in [0.2, 0.25) is 0 Å². The zero-order valence-electron chi connectivity index (χ0n) is 9.75. The van der Waals surface area contributed by atoms with Crippen LogP contribution in [-0.2, 0) is 6.42 Å². The minimum absolute atomic E-state index is 0.609. The van der Waals surface area contributed by atoms with E-state index < -0.39 is 0 Å². The highest BCUT2D eigenvalue weighted by Crippen LogP contribution is 2.33. The van der Waals surface area contributed by atoms with Gasteiger partial charge in [0, 0.05) is 6.07 Å². The van der Waals surface area contributed by atoms with Crippen molar-refractivity contribution in [1.82, 2.24) is 0 Å². The van der Waals surface area contributed by atoms with Crippen molar-refractivity contribution in [2.45, 2.75) is 19.8 Å². The van der Waals surface area contributed by atoms with Crippen LogP contribution in [-0.4, -0.2) is 20.3 Å². The molecular formula is C12H18ClNO2. The van der Waals surface area contributed by atoms with E-state index in [1.165, 1.54) is 0 Å². The lowest BCUT2D eigenvalue weighted by molar-refractivity contribution is 0.332. The summed E-state index contributed by atoms with van der Waals surface area (Å²) in [7, 11) is 1.59. The molecule has 0 saturated heterocycles. The van der Waals surface area contributed by atoms with Crippen LogP contribution >= 0.6 is 11.6 Å². The number of aryl methyl sites for hydroxylation is 1. The molecule has 0 saturated carbocycles. The third-order valence-corrected chi connectivity index (χ3v) is 2.58. The van der Waals surface area contributed by atoms with Crippen LogP contribution < -0.4 is 15.2 Å². The Bertz CT molecular complexity index is 342.